The minimum atomic E-state index is -0.635. The maximum atomic E-state index is 13.0. The fourth-order valence-electron chi connectivity index (χ4n) is 1.70. The van der Waals surface area contributed by atoms with Crippen LogP contribution in [-0.2, 0) is 9.53 Å². The van der Waals surface area contributed by atoms with Gasteiger partial charge in [0.2, 0.25) is 0 Å². The third-order valence-electron chi connectivity index (χ3n) is 2.75. The number of ketones is 1. The van der Waals surface area contributed by atoms with Gasteiger partial charge >= 0.3 is 5.97 Å². The Morgan fingerprint density at radius 1 is 1.14 bits per heavy atom. The molecule has 0 aliphatic rings. The number of halogens is 2. The van der Waals surface area contributed by atoms with Gasteiger partial charge in [-0.25, -0.2) is 9.18 Å². The quantitative estimate of drug-likeness (QED) is 0.458. The first-order chi connectivity index (χ1) is 10.5. The molecule has 0 aromatic heterocycles. The van der Waals surface area contributed by atoms with E-state index in [1.165, 1.54) is 24.3 Å². The lowest BCUT2D eigenvalue weighted by Gasteiger charge is -2.02. The summed E-state index contributed by atoms with van der Waals surface area (Å²) in [7, 11) is 0. The van der Waals surface area contributed by atoms with E-state index in [4.69, 9.17) is 4.74 Å². The van der Waals surface area contributed by atoms with Crippen molar-refractivity contribution < 1.29 is 18.7 Å². The molecule has 0 amide bonds. The Morgan fingerprint density at radius 3 is 2.64 bits per heavy atom. The summed E-state index contributed by atoms with van der Waals surface area (Å²) in [5.41, 5.74) is 0.992. The van der Waals surface area contributed by atoms with Gasteiger partial charge in [0.25, 0.3) is 0 Å². The van der Waals surface area contributed by atoms with Gasteiger partial charge in [-0.15, -0.1) is 0 Å². The lowest BCUT2D eigenvalue weighted by molar-refractivity contribution is -0.136. The molecule has 2 aromatic carbocycles. The summed E-state index contributed by atoms with van der Waals surface area (Å²) in [5.74, 6) is -1.60. The molecule has 0 spiro atoms. The Labute approximate surface area is 135 Å². The van der Waals surface area contributed by atoms with E-state index in [0.29, 0.717) is 0 Å². The number of esters is 1. The van der Waals surface area contributed by atoms with Gasteiger partial charge < -0.3 is 4.74 Å². The minimum absolute atomic E-state index is 0.170. The lowest BCUT2D eigenvalue weighted by Crippen LogP contribution is -2.12. The van der Waals surface area contributed by atoms with Crippen molar-refractivity contribution in [2.24, 2.45) is 0 Å². The van der Waals surface area contributed by atoms with Crippen LogP contribution in [0.4, 0.5) is 4.39 Å². The van der Waals surface area contributed by atoms with Crippen LogP contribution in [0, 0.1) is 5.82 Å². The third-order valence-corrected chi connectivity index (χ3v) is 3.25. The van der Waals surface area contributed by atoms with Gasteiger partial charge in [0.1, 0.15) is 5.82 Å². The lowest BCUT2D eigenvalue weighted by atomic mass is 10.1. The summed E-state index contributed by atoms with van der Waals surface area (Å²) in [6.45, 7) is -0.425. The Balaban J connectivity index is 1.89. The molecule has 0 heterocycles. The molecule has 0 N–H and O–H groups in total. The van der Waals surface area contributed by atoms with Crippen LogP contribution in [0.1, 0.15) is 15.9 Å². The molecule has 0 bridgehead atoms. The number of carbonyl (C=O) groups is 2. The smallest absolute Gasteiger partial charge is 0.331 e. The second-order valence-corrected chi connectivity index (χ2v) is 5.35. The molecule has 0 unspecified atom stereocenters. The first kappa shape index (κ1) is 16.1. The Bertz CT molecular complexity index is 725. The van der Waals surface area contributed by atoms with Crippen LogP contribution in [-0.4, -0.2) is 18.4 Å². The summed E-state index contributed by atoms with van der Waals surface area (Å²) in [5, 5.41) is 0. The molecular formula is C17H12BrFO3. The Kier molecular flexibility index (Phi) is 5.61. The molecule has 2 rings (SSSR count). The molecule has 0 atom stereocenters. The predicted octanol–water partition coefficient (Wildman–Crippen LogP) is 4.03. The van der Waals surface area contributed by atoms with Gasteiger partial charge in [-0.2, -0.15) is 0 Å². The summed E-state index contributed by atoms with van der Waals surface area (Å²) in [4.78, 5) is 23.3. The summed E-state index contributed by atoms with van der Waals surface area (Å²) in [6, 6.07) is 12.6. The van der Waals surface area contributed by atoms with E-state index in [1.807, 2.05) is 24.3 Å². The molecule has 0 aliphatic carbocycles. The third kappa shape index (κ3) is 4.93. The molecule has 0 fully saturated rings. The maximum absolute atomic E-state index is 13.0. The second-order valence-electron chi connectivity index (χ2n) is 4.43. The van der Waals surface area contributed by atoms with Crippen molar-refractivity contribution in [1.29, 1.82) is 0 Å². The van der Waals surface area contributed by atoms with Crippen LogP contribution in [0.2, 0.25) is 0 Å². The van der Waals surface area contributed by atoms with Crippen LogP contribution in [0.15, 0.2) is 59.1 Å². The van der Waals surface area contributed by atoms with Crippen molar-refractivity contribution in [2.75, 3.05) is 6.61 Å². The van der Waals surface area contributed by atoms with Crippen LogP contribution >= 0.6 is 15.9 Å². The molecule has 0 radical (unpaired) electrons. The molecule has 2 aromatic rings. The zero-order valence-corrected chi connectivity index (χ0v) is 13.0. The number of ether oxygens (including phenoxy) is 1. The van der Waals surface area contributed by atoms with Crippen LogP contribution < -0.4 is 0 Å². The summed E-state index contributed by atoms with van der Waals surface area (Å²) in [6.07, 6.45) is 2.82. The van der Waals surface area contributed by atoms with Crippen molar-refractivity contribution in [2.45, 2.75) is 0 Å². The topological polar surface area (TPSA) is 43.4 Å². The summed E-state index contributed by atoms with van der Waals surface area (Å²) >= 11 is 3.33. The monoisotopic (exact) mass is 362 g/mol. The normalized spacial score (nSPS) is 10.6. The highest BCUT2D eigenvalue weighted by atomic mass is 79.9. The average molecular weight is 363 g/mol. The van der Waals surface area contributed by atoms with Crippen LogP contribution in [0.25, 0.3) is 6.08 Å². The fourth-order valence-corrected chi connectivity index (χ4v) is 2.12. The molecular weight excluding hydrogens is 351 g/mol. The van der Waals surface area contributed by atoms with Crippen molar-refractivity contribution >= 4 is 33.8 Å². The minimum Gasteiger partial charge on any atom is -0.454 e. The highest BCUT2D eigenvalue weighted by molar-refractivity contribution is 9.10. The van der Waals surface area contributed by atoms with Gasteiger partial charge in [-0.05, 0) is 35.9 Å². The van der Waals surface area contributed by atoms with E-state index in [9.17, 15) is 14.0 Å². The molecule has 0 saturated carbocycles. The largest absolute Gasteiger partial charge is 0.454 e. The molecule has 0 saturated heterocycles. The number of hydrogen-bond acceptors (Lipinski definition) is 3. The van der Waals surface area contributed by atoms with Gasteiger partial charge in [0.05, 0.1) is 0 Å². The average Bonchev–Trinajstić information content (AvgIpc) is 2.50. The zero-order valence-electron chi connectivity index (χ0n) is 11.5. The fraction of sp³-hybridized carbons (Fsp3) is 0.0588. The van der Waals surface area contributed by atoms with Gasteiger partial charge in [-0.3, -0.25) is 4.79 Å². The molecule has 112 valence electrons. The van der Waals surface area contributed by atoms with Gasteiger partial charge in [0.15, 0.2) is 12.4 Å². The second kappa shape index (κ2) is 7.66. The van der Waals surface area contributed by atoms with E-state index in [2.05, 4.69) is 15.9 Å². The van der Waals surface area contributed by atoms with E-state index in [-0.39, 0.29) is 5.56 Å². The first-order valence-corrected chi connectivity index (χ1v) is 7.23. The van der Waals surface area contributed by atoms with E-state index < -0.39 is 24.2 Å². The summed E-state index contributed by atoms with van der Waals surface area (Å²) < 4.78 is 18.7. The Morgan fingerprint density at radius 2 is 1.91 bits per heavy atom. The highest BCUT2D eigenvalue weighted by Crippen LogP contribution is 2.12. The van der Waals surface area contributed by atoms with E-state index in [0.717, 1.165) is 16.1 Å². The molecule has 22 heavy (non-hydrogen) atoms. The van der Waals surface area contributed by atoms with Crippen molar-refractivity contribution in [3.63, 3.8) is 0 Å². The van der Waals surface area contributed by atoms with E-state index in [1.54, 1.807) is 6.08 Å². The standard InChI is InChI=1S/C17H12BrFO3/c18-14-5-1-3-12(9-14)7-8-17(21)22-11-16(20)13-4-2-6-15(19)10-13/h1-10H,11H2/b8-7+. The SMILES string of the molecule is O=C(/C=C/c1cccc(Br)c1)OCC(=O)c1cccc(F)c1. The number of rotatable bonds is 5. The van der Waals surface area contributed by atoms with Crippen molar-refractivity contribution in [1.82, 2.24) is 0 Å². The van der Waals surface area contributed by atoms with Crippen LogP contribution in [0.3, 0.4) is 0 Å². The van der Waals surface area contributed by atoms with E-state index >= 15 is 0 Å². The highest BCUT2D eigenvalue weighted by Gasteiger charge is 2.09. The molecule has 0 aliphatic heterocycles. The van der Waals surface area contributed by atoms with Crippen molar-refractivity contribution in [3.8, 4) is 0 Å². The van der Waals surface area contributed by atoms with Gasteiger partial charge in [-0.1, -0.05) is 40.2 Å². The van der Waals surface area contributed by atoms with Crippen LogP contribution in [0.5, 0.6) is 0 Å². The number of Topliss-reactive ketones (excluding diaryl/α,β-unsaturated/α-hetero) is 1. The zero-order chi connectivity index (χ0) is 15.9. The molecule has 3 nitrogen and oxygen atoms in total. The molecule has 5 heteroatoms. The van der Waals surface area contributed by atoms with Crippen molar-refractivity contribution in [3.05, 3.63) is 76.0 Å². The number of carbonyl (C=O) groups excluding carboxylic acids is 2. The Hall–Kier alpha value is -2.27. The first-order valence-electron chi connectivity index (χ1n) is 6.44. The number of benzene rings is 2. The maximum Gasteiger partial charge on any atom is 0.331 e. The number of hydrogen-bond donors (Lipinski definition) is 0. The predicted molar refractivity (Wildman–Crippen MR) is 84.9 cm³/mol. The van der Waals surface area contributed by atoms with Gasteiger partial charge in [0, 0.05) is 16.1 Å².